The maximum Gasteiger partial charge on any atom is 0.255 e. The van der Waals surface area contributed by atoms with E-state index < -0.39 is 0 Å². The summed E-state index contributed by atoms with van der Waals surface area (Å²) in [5.74, 6) is -0.857. The number of aromatic hydroxyl groups is 1. The molecule has 0 bridgehead atoms. The molecule has 0 saturated heterocycles. The number of carbonyl (C=O) groups excluding carboxylic acids is 2. The van der Waals surface area contributed by atoms with Gasteiger partial charge in [-0.2, -0.15) is 0 Å². The van der Waals surface area contributed by atoms with Gasteiger partial charge in [-0.25, -0.2) is 0 Å². The average molecular weight is 305 g/mol. The zero-order valence-electron chi connectivity index (χ0n) is 11.2. The molecule has 2 rings (SSSR count). The first-order chi connectivity index (χ1) is 9.97. The number of amides is 2. The summed E-state index contributed by atoms with van der Waals surface area (Å²) in [6.45, 7) is 1.32. The molecule has 3 N–H and O–H groups in total. The first-order valence-electron chi connectivity index (χ1n) is 6.14. The Hall–Kier alpha value is -2.53. The Morgan fingerprint density at radius 2 is 1.71 bits per heavy atom. The van der Waals surface area contributed by atoms with Crippen molar-refractivity contribution in [3.8, 4) is 5.75 Å². The summed E-state index contributed by atoms with van der Waals surface area (Å²) in [5, 5.41) is 15.1. The van der Waals surface area contributed by atoms with Crippen LogP contribution in [0, 0.1) is 0 Å². The van der Waals surface area contributed by atoms with Crippen LogP contribution in [-0.2, 0) is 4.79 Å². The predicted octanol–water partition coefficient (Wildman–Crippen LogP) is 3.26. The van der Waals surface area contributed by atoms with Crippen molar-refractivity contribution in [1.29, 1.82) is 0 Å². The van der Waals surface area contributed by atoms with Crippen molar-refractivity contribution in [2.24, 2.45) is 0 Å². The molecule has 0 aliphatic rings. The largest absolute Gasteiger partial charge is 0.506 e. The van der Waals surface area contributed by atoms with Crippen molar-refractivity contribution in [3.05, 3.63) is 53.1 Å². The molecule has 0 fully saturated rings. The molecule has 6 heteroatoms. The van der Waals surface area contributed by atoms with E-state index in [1.165, 1.54) is 19.1 Å². The molecule has 5 nitrogen and oxygen atoms in total. The number of hydrogen-bond acceptors (Lipinski definition) is 3. The lowest BCUT2D eigenvalue weighted by Crippen LogP contribution is -2.12. The molecule has 2 aromatic rings. The fourth-order valence-electron chi connectivity index (χ4n) is 1.73. The Labute approximate surface area is 126 Å². The standard InChI is InChI=1S/C15H13ClN2O3/c1-9(19)17-13-7-11(16)12(8-14(13)20)18-15(21)10-5-3-2-4-6-10/h2-8,20H,1H3,(H,17,19)(H,18,21). The molecule has 0 atom stereocenters. The number of rotatable bonds is 3. The van der Waals surface area contributed by atoms with Crippen molar-refractivity contribution in [2.75, 3.05) is 10.6 Å². The second kappa shape index (κ2) is 6.28. The van der Waals surface area contributed by atoms with Crippen LogP contribution < -0.4 is 10.6 Å². The van der Waals surface area contributed by atoms with Crippen LogP contribution in [0.15, 0.2) is 42.5 Å². The molecule has 0 spiro atoms. The van der Waals surface area contributed by atoms with Crippen LogP contribution in [0.2, 0.25) is 5.02 Å². The number of hydrogen-bond donors (Lipinski definition) is 3. The van der Waals surface area contributed by atoms with E-state index in [-0.39, 0.29) is 34.0 Å². The lowest BCUT2D eigenvalue weighted by atomic mass is 10.2. The molecule has 21 heavy (non-hydrogen) atoms. The second-order valence-electron chi connectivity index (χ2n) is 4.35. The van der Waals surface area contributed by atoms with Gasteiger partial charge in [-0.05, 0) is 18.2 Å². The molecule has 0 aliphatic heterocycles. The summed E-state index contributed by atoms with van der Waals surface area (Å²) in [5.41, 5.74) is 0.918. The Kier molecular flexibility index (Phi) is 4.45. The van der Waals surface area contributed by atoms with Crippen molar-refractivity contribution < 1.29 is 14.7 Å². The predicted molar refractivity (Wildman–Crippen MR) is 81.8 cm³/mol. The van der Waals surface area contributed by atoms with Gasteiger partial charge in [0, 0.05) is 18.6 Å². The van der Waals surface area contributed by atoms with Crippen molar-refractivity contribution in [1.82, 2.24) is 0 Å². The molecule has 0 aromatic heterocycles. The molecular weight excluding hydrogens is 292 g/mol. The lowest BCUT2D eigenvalue weighted by Gasteiger charge is -2.11. The van der Waals surface area contributed by atoms with Gasteiger partial charge in [-0.15, -0.1) is 0 Å². The van der Waals surface area contributed by atoms with Crippen LogP contribution in [0.1, 0.15) is 17.3 Å². The van der Waals surface area contributed by atoms with E-state index >= 15 is 0 Å². The zero-order valence-corrected chi connectivity index (χ0v) is 11.9. The maximum absolute atomic E-state index is 12.0. The molecule has 0 saturated carbocycles. The molecule has 0 radical (unpaired) electrons. The van der Waals surface area contributed by atoms with E-state index in [2.05, 4.69) is 10.6 Å². The molecule has 0 unspecified atom stereocenters. The van der Waals surface area contributed by atoms with Gasteiger partial charge in [0.05, 0.1) is 16.4 Å². The maximum atomic E-state index is 12.0. The summed E-state index contributed by atoms with van der Waals surface area (Å²) in [4.78, 5) is 23.0. The van der Waals surface area contributed by atoms with E-state index in [9.17, 15) is 14.7 Å². The molecule has 2 amide bonds. The Morgan fingerprint density at radius 1 is 1.05 bits per heavy atom. The third kappa shape index (κ3) is 3.73. The Bertz CT molecular complexity index is 687. The van der Waals surface area contributed by atoms with Crippen LogP contribution in [0.25, 0.3) is 0 Å². The van der Waals surface area contributed by atoms with Gasteiger partial charge >= 0.3 is 0 Å². The van der Waals surface area contributed by atoms with Crippen molar-refractivity contribution in [3.63, 3.8) is 0 Å². The molecule has 0 aliphatic carbocycles. The van der Waals surface area contributed by atoms with Gasteiger partial charge in [0.15, 0.2) is 0 Å². The SMILES string of the molecule is CC(=O)Nc1cc(Cl)c(NC(=O)c2ccccc2)cc1O. The van der Waals surface area contributed by atoms with Crippen LogP contribution >= 0.6 is 11.6 Å². The monoisotopic (exact) mass is 304 g/mol. The van der Waals surface area contributed by atoms with Crippen LogP contribution in [0.3, 0.4) is 0 Å². The normalized spacial score (nSPS) is 10.0. The number of anilines is 2. The average Bonchev–Trinajstić information content (AvgIpc) is 2.44. The highest BCUT2D eigenvalue weighted by Crippen LogP contribution is 2.34. The first-order valence-corrected chi connectivity index (χ1v) is 6.51. The van der Waals surface area contributed by atoms with Crippen LogP contribution in [0.5, 0.6) is 5.75 Å². The van der Waals surface area contributed by atoms with Crippen LogP contribution in [0.4, 0.5) is 11.4 Å². The van der Waals surface area contributed by atoms with Crippen molar-refractivity contribution in [2.45, 2.75) is 6.92 Å². The zero-order chi connectivity index (χ0) is 15.4. The summed E-state index contributed by atoms with van der Waals surface area (Å²) < 4.78 is 0. The number of phenolic OH excluding ortho intramolecular Hbond substituents is 1. The molecule has 108 valence electrons. The van der Waals surface area contributed by atoms with Gasteiger partial charge < -0.3 is 15.7 Å². The van der Waals surface area contributed by atoms with E-state index in [1.807, 2.05) is 0 Å². The highest BCUT2D eigenvalue weighted by atomic mass is 35.5. The fourth-order valence-corrected chi connectivity index (χ4v) is 1.94. The summed E-state index contributed by atoms with van der Waals surface area (Å²) in [7, 11) is 0. The molecule has 0 heterocycles. The molecule has 2 aromatic carbocycles. The minimum Gasteiger partial charge on any atom is -0.506 e. The minimum atomic E-state index is -0.343. The van der Waals surface area contributed by atoms with Crippen LogP contribution in [-0.4, -0.2) is 16.9 Å². The van der Waals surface area contributed by atoms with E-state index in [0.29, 0.717) is 5.56 Å². The summed E-state index contributed by atoms with van der Waals surface area (Å²) >= 11 is 6.04. The second-order valence-corrected chi connectivity index (χ2v) is 4.76. The number of halogens is 1. The quantitative estimate of drug-likeness (QED) is 0.762. The topological polar surface area (TPSA) is 78.4 Å². The highest BCUT2D eigenvalue weighted by Gasteiger charge is 2.12. The van der Waals surface area contributed by atoms with Gasteiger partial charge in [0.1, 0.15) is 5.75 Å². The third-order valence-electron chi connectivity index (χ3n) is 2.68. The lowest BCUT2D eigenvalue weighted by molar-refractivity contribution is -0.114. The summed E-state index contributed by atoms with van der Waals surface area (Å²) in [6.07, 6.45) is 0. The van der Waals surface area contributed by atoms with Gasteiger partial charge in [-0.3, -0.25) is 9.59 Å². The van der Waals surface area contributed by atoms with E-state index in [0.717, 1.165) is 0 Å². The van der Waals surface area contributed by atoms with Crippen molar-refractivity contribution >= 4 is 34.8 Å². The smallest absolute Gasteiger partial charge is 0.255 e. The highest BCUT2D eigenvalue weighted by molar-refractivity contribution is 6.34. The number of carbonyl (C=O) groups is 2. The Morgan fingerprint density at radius 3 is 2.33 bits per heavy atom. The Balaban J connectivity index is 2.23. The van der Waals surface area contributed by atoms with E-state index in [4.69, 9.17) is 11.6 Å². The molecular formula is C15H13ClN2O3. The first kappa shape index (κ1) is 14.9. The number of nitrogens with one attached hydrogen (secondary N) is 2. The fraction of sp³-hybridized carbons (Fsp3) is 0.0667. The van der Waals surface area contributed by atoms with Gasteiger partial charge in [0.2, 0.25) is 5.91 Å². The number of benzene rings is 2. The number of phenols is 1. The third-order valence-corrected chi connectivity index (χ3v) is 2.99. The van der Waals surface area contributed by atoms with Gasteiger partial charge in [-0.1, -0.05) is 29.8 Å². The van der Waals surface area contributed by atoms with Gasteiger partial charge in [0.25, 0.3) is 5.91 Å². The van der Waals surface area contributed by atoms with E-state index in [1.54, 1.807) is 30.3 Å². The summed E-state index contributed by atoms with van der Waals surface area (Å²) in [6, 6.07) is 11.3. The minimum absolute atomic E-state index is 0.182.